The van der Waals surface area contributed by atoms with Crippen LogP contribution in [-0.2, 0) is 19.1 Å². The molecule has 3 N–H and O–H groups in total. The fourth-order valence-corrected chi connectivity index (χ4v) is 3.29. The van der Waals surface area contributed by atoms with Crippen LogP contribution in [0.1, 0.15) is 27.2 Å². The third kappa shape index (κ3) is 3.30. The first-order valence-electron chi connectivity index (χ1n) is 8.57. The molecule has 0 unspecified atom stereocenters. The number of carbonyl (C=O) groups is 1. The van der Waals surface area contributed by atoms with Crippen molar-refractivity contribution in [2.45, 2.75) is 19.1 Å². The highest BCUT2D eigenvalue weighted by atomic mass is 19.4. The monoisotopic (exact) mass is 387 g/mol. The first-order valence-corrected chi connectivity index (χ1v) is 8.57. The predicted molar refractivity (Wildman–Crippen MR) is 96.5 cm³/mol. The second kappa shape index (κ2) is 6.66. The molecule has 0 radical (unpaired) electrons. The second-order valence-corrected chi connectivity index (χ2v) is 6.54. The number of rotatable bonds is 3. The molecule has 4 rings (SSSR count). The SMILES string of the molecule is NC(=O)c1ccnc(N2CCc3[nH]nc(-c4ccc(C(F)(F)F)cc4)c3C2)c1. The standard InChI is InChI=1S/C19H16F3N5O/c20-19(21,22)13-3-1-11(2-4-13)17-14-10-27(8-6-15(14)25-26-17)16-9-12(18(23)28)5-7-24-16/h1-5,7,9H,6,8,10H2,(H2,23,28)(H,25,26). The number of pyridine rings is 1. The van der Waals surface area contributed by atoms with E-state index in [2.05, 4.69) is 15.2 Å². The van der Waals surface area contributed by atoms with Crippen LogP contribution < -0.4 is 10.6 Å². The topological polar surface area (TPSA) is 87.9 Å². The average Bonchev–Trinajstić information content (AvgIpc) is 3.10. The maximum absolute atomic E-state index is 12.8. The van der Waals surface area contributed by atoms with E-state index in [-0.39, 0.29) is 0 Å². The third-order valence-electron chi connectivity index (χ3n) is 4.77. The van der Waals surface area contributed by atoms with Crippen LogP contribution >= 0.6 is 0 Å². The van der Waals surface area contributed by atoms with Crippen LogP contribution in [0.3, 0.4) is 0 Å². The van der Waals surface area contributed by atoms with Gasteiger partial charge in [-0.3, -0.25) is 9.89 Å². The first-order chi connectivity index (χ1) is 13.3. The molecule has 28 heavy (non-hydrogen) atoms. The van der Waals surface area contributed by atoms with Gasteiger partial charge in [0, 0.05) is 48.1 Å². The molecule has 1 aromatic carbocycles. The molecule has 1 aliphatic heterocycles. The van der Waals surface area contributed by atoms with Crippen molar-refractivity contribution in [3.05, 3.63) is 65.0 Å². The van der Waals surface area contributed by atoms with E-state index in [4.69, 9.17) is 5.73 Å². The molecule has 0 spiro atoms. The van der Waals surface area contributed by atoms with Crippen LogP contribution in [0.2, 0.25) is 0 Å². The average molecular weight is 387 g/mol. The van der Waals surface area contributed by atoms with Gasteiger partial charge in [0.15, 0.2) is 0 Å². The van der Waals surface area contributed by atoms with Crippen molar-refractivity contribution in [2.75, 3.05) is 11.4 Å². The zero-order valence-corrected chi connectivity index (χ0v) is 14.6. The normalized spacial score (nSPS) is 14.0. The first kappa shape index (κ1) is 18.0. The Labute approximate surface area is 158 Å². The van der Waals surface area contributed by atoms with Gasteiger partial charge in [0.2, 0.25) is 5.91 Å². The molecule has 0 atom stereocenters. The van der Waals surface area contributed by atoms with Crippen LogP contribution in [-0.4, -0.2) is 27.6 Å². The molecule has 6 nitrogen and oxygen atoms in total. The summed E-state index contributed by atoms with van der Waals surface area (Å²) in [7, 11) is 0. The van der Waals surface area contributed by atoms with Crippen LogP contribution in [0.5, 0.6) is 0 Å². The number of alkyl halides is 3. The number of nitrogens with one attached hydrogen (secondary N) is 1. The summed E-state index contributed by atoms with van der Waals surface area (Å²) in [5.41, 5.74) is 8.06. The van der Waals surface area contributed by atoms with Gasteiger partial charge in [-0.05, 0) is 24.3 Å². The van der Waals surface area contributed by atoms with Crippen molar-refractivity contribution in [3.63, 3.8) is 0 Å². The van der Waals surface area contributed by atoms with E-state index < -0.39 is 17.6 Å². The number of halogens is 3. The van der Waals surface area contributed by atoms with Gasteiger partial charge in [-0.25, -0.2) is 4.98 Å². The number of benzene rings is 1. The molecule has 0 fully saturated rings. The van der Waals surface area contributed by atoms with Gasteiger partial charge in [0.05, 0.1) is 11.3 Å². The Bertz CT molecular complexity index is 1030. The molecule has 9 heteroatoms. The van der Waals surface area contributed by atoms with E-state index in [0.717, 1.165) is 23.4 Å². The van der Waals surface area contributed by atoms with Gasteiger partial charge >= 0.3 is 6.18 Å². The molecular weight excluding hydrogens is 371 g/mol. The van der Waals surface area contributed by atoms with Gasteiger partial charge in [-0.1, -0.05) is 12.1 Å². The van der Waals surface area contributed by atoms with E-state index in [1.54, 1.807) is 12.1 Å². The zero-order valence-electron chi connectivity index (χ0n) is 14.6. The van der Waals surface area contributed by atoms with Crippen LogP contribution in [0.15, 0.2) is 42.6 Å². The van der Waals surface area contributed by atoms with Gasteiger partial charge < -0.3 is 10.6 Å². The number of aromatic nitrogens is 3. The molecule has 0 saturated heterocycles. The summed E-state index contributed by atoms with van der Waals surface area (Å²) in [5.74, 6) is 0.0802. The number of H-pyrrole nitrogens is 1. The predicted octanol–water partition coefficient (Wildman–Crippen LogP) is 3.15. The van der Waals surface area contributed by atoms with Crippen LogP contribution in [0, 0.1) is 0 Å². The van der Waals surface area contributed by atoms with Crippen LogP contribution in [0.25, 0.3) is 11.3 Å². The number of anilines is 1. The van der Waals surface area contributed by atoms with Crippen molar-refractivity contribution in [3.8, 4) is 11.3 Å². The number of hydrogen-bond acceptors (Lipinski definition) is 4. The van der Waals surface area contributed by atoms with Gasteiger partial charge in [-0.15, -0.1) is 0 Å². The molecule has 0 aliphatic carbocycles. The van der Waals surface area contributed by atoms with E-state index in [0.29, 0.717) is 42.1 Å². The summed E-state index contributed by atoms with van der Waals surface area (Å²) in [6, 6.07) is 8.12. The van der Waals surface area contributed by atoms with Crippen molar-refractivity contribution in [1.29, 1.82) is 0 Å². The highest BCUT2D eigenvalue weighted by Crippen LogP contribution is 2.33. The van der Waals surface area contributed by atoms with E-state index in [9.17, 15) is 18.0 Å². The summed E-state index contributed by atoms with van der Waals surface area (Å²) in [6.45, 7) is 1.13. The Morgan fingerprint density at radius 2 is 1.93 bits per heavy atom. The van der Waals surface area contributed by atoms with Crippen molar-refractivity contribution in [1.82, 2.24) is 15.2 Å². The molecule has 3 heterocycles. The van der Waals surface area contributed by atoms with Gasteiger partial charge in [0.25, 0.3) is 0 Å². The Kier molecular flexibility index (Phi) is 4.29. The minimum atomic E-state index is -4.38. The van der Waals surface area contributed by atoms with E-state index in [1.165, 1.54) is 18.3 Å². The third-order valence-corrected chi connectivity index (χ3v) is 4.77. The lowest BCUT2D eigenvalue weighted by Gasteiger charge is -2.28. The summed E-state index contributed by atoms with van der Waals surface area (Å²) < 4.78 is 38.4. The van der Waals surface area contributed by atoms with Crippen molar-refractivity contribution < 1.29 is 18.0 Å². The number of nitrogens with two attached hydrogens (primary N) is 1. The fraction of sp³-hybridized carbons (Fsp3) is 0.211. The van der Waals surface area contributed by atoms with Crippen molar-refractivity contribution >= 4 is 11.7 Å². The Morgan fingerprint density at radius 1 is 1.18 bits per heavy atom. The second-order valence-electron chi connectivity index (χ2n) is 6.54. The number of aromatic amines is 1. The lowest BCUT2D eigenvalue weighted by Crippen LogP contribution is -2.31. The number of hydrogen-bond donors (Lipinski definition) is 2. The zero-order chi connectivity index (χ0) is 19.9. The largest absolute Gasteiger partial charge is 0.416 e. The lowest BCUT2D eigenvalue weighted by atomic mass is 10.00. The molecule has 0 bridgehead atoms. The summed E-state index contributed by atoms with van der Waals surface area (Å²) in [4.78, 5) is 17.7. The quantitative estimate of drug-likeness (QED) is 0.723. The highest BCUT2D eigenvalue weighted by Gasteiger charge is 2.30. The lowest BCUT2D eigenvalue weighted by molar-refractivity contribution is -0.137. The van der Waals surface area contributed by atoms with E-state index >= 15 is 0 Å². The Hall–Kier alpha value is -3.36. The number of carbonyl (C=O) groups excluding carboxylic acids is 1. The summed E-state index contributed by atoms with van der Waals surface area (Å²) in [5, 5.41) is 7.28. The minimum absolute atomic E-state index is 0.367. The van der Waals surface area contributed by atoms with Gasteiger partial charge in [0.1, 0.15) is 5.82 Å². The molecular formula is C19H16F3N5O. The smallest absolute Gasteiger partial charge is 0.366 e. The molecule has 144 valence electrons. The maximum atomic E-state index is 12.8. The highest BCUT2D eigenvalue weighted by molar-refractivity contribution is 5.93. The molecule has 2 aromatic heterocycles. The number of amides is 1. The number of nitrogens with zero attached hydrogens (tertiary/aromatic N) is 3. The molecule has 1 aliphatic rings. The Morgan fingerprint density at radius 3 is 2.61 bits per heavy atom. The number of primary amides is 1. The fourth-order valence-electron chi connectivity index (χ4n) is 3.29. The Balaban J connectivity index is 1.64. The van der Waals surface area contributed by atoms with E-state index in [1.807, 2.05) is 4.90 Å². The number of fused-ring (bicyclic) bond motifs is 1. The molecule has 0 saturated carbocycles. The molecule has 3 aromatic rings. The summed E-state index contributed by atoms with van der Waals surface area (Å²) in [6.07, 6.45) is -2.18. The molecule has 1 amide bonds. The van der Waals surface area contributed by atoms with Gasteiger partial charge in [-0.2, -0.15) is 18.3 Å². The van der Waals surface area contributed by atoms with Crippen molar-refractivity contribution in [2.24, 2.45) is 5.73 Å². The van der Waals surface area contributed by atoms with Crippen LogP contribution in [0.4, 0.5) is 19.0 Å². The maximum Gasteiger partial charge on any atom is 0.416 e. The summed E-state index contributed by atoms with van der Waals surface area (Å²) >= 11 is 0. The minimum Gasteiger partial charge on any atom is -0.366 e.